The lowest BCUT2D eigenvalue weighted by Crippen LogP contribution is -2.33. The minimum absolute atomic E-state index is 0.195. The van der Waals surface area contributed by atoms with Gasteiger partial charge in [0.25, 0.3) is 0 Å². The monoisotopic (exact) mass is 419 g/mol. The van der Waals surface area contributed by atoms with Crippen LogP contribution < -0.4 is 10.2 Å². The molecule has 1 aliphatic carbocycles. The lowest BCUT2D eigenvalue weighted by atomic mass is 9.80. The number of nitrogens with one attached hydrogen (secondary N) is 1. The number of anilines is 2. The van der Waals surface area contributed by atoms with Crippen LogP contribution >= 0.6 is 11.3 Å². The highest BCUT2D eigenvalue weighted by Crippen LogP contribution is 2.44. The molecule has 0 unspecified atom stereocenters. The molecule has 0 amide bonds. The minimum atomic E-state index is -0.235. The zero-order chi connectivity index (χ0) is 20.7. The van der Waals surface area contributed by atoms with Gasteiger partial charge < -0.3 is 10.2 Å². The zero-order valence-electron chi connectivity index (χ0n) is 17.2. The molecule has 7 heteroatoms. The first-order valence-corrected chi connectivity index (χ1v) is 11.4. The highest BCUT2D eigenvalue weighted by Gasteiger charge is 2.39. The molecule has 0 saturated carbocycles. The number of hydrogen-bond acceptors (Lipinski definition) is 6. The molecule has 1 N–H and O–H groups in total. The van der Waals surface area contributed by atoms with Crippen molar-refractivity contribution in [2.24, 2.45) is 0 Å². The number of Topliss-reactive ketones (excluding diaryl/α,β-unsaturated/α-hetero) is 1. The van der Waals surface area contributed by atoms with Gasteiger partial charge in [0.15, 0.2) is 5.78 Å². The molecule has 2 atom stereocenters. The van der Waals surface area contributed by atoms with E-state index in [-0.39, 0.29) is 17.7 Å². The predicted molar refractivity (Wildman–Crippen MR) is 120 cm³/mol. The van der Waals surface area contributed by atoms with Crippen LogP contribution in [0.3, 0.4) is 0 Å². The molecule has 0 saturated heterocycles. The maximum Gasteiger partial charge on any atom is 0.226 e. The van der Waals surface area contributed by atoms with E-state index in [4.69, 9.17) is 0 Å². The first-order chi connectivity index (χ1) is 14.7. The van der Waals surface area contributed by atoms with Crippen molar-refractivity contribution in [3.8, 4) is 0 Å². The maximum absolute atomic E-state index is 13.4. The van der Waals surface area contributed by atoms with Gasteiger partial charge in [-0.2, -0.15) is 10.1 Å². The van der Waals surface area contributed by atoms with Gasteiger partial charge in [0.2, 0.25) is 5.95 Å². The Morgan fingerprint density at radius 1 is 1.17 bits per heavy atom. The number of thiophene rings is 1. The van der Waals surface area contributed by atoms with Crippen molar-refractivity contribution in [2.75, 3.05) is 23.3 Å². The normalized spacial score (nSPS) is 20.5. The van der Waals surface area contributed by atoms with Crippen LogP contribution in [0.2, 0.25) is 0 Å². The summed E-state index contributed by atoms with van der Waals surface area (Å²) in [6.45, 7) is 6.25. The number of carbonyl (C=O) groups is 1. The Hall–Kier alpha value is -2.93. The third-order valence-corrected chi connectivity index (χ3v) is 7.18. The number of carbonyl (C=O) groups excluding carboxylic acids is 1. The molecular weight excluding hydrogens is 394 g/mol. The second kappa shape index (κ2) is 7.72. The quantitative estimate of drug-likeness (QED) is 0.655. The number of benzene rings is 1. The molecular formula is C23H25N5OS. The molecule has 5 rings (SSSR count). The van der Waals surface area contributed by atoms with E-state index in [0.29, 0.717) is 12.4 Å². The SMILES string of the molecule is CCN(CC)c1ccc([C@H]2C3=C(C[C@H](c4cccs4)CC3=O)Nc3ncnn32)cc1. The van der Waals surface area contributed by atoms with E-state index in [1.165, 1.54) is 10.6 Å². The van der Waals surface area contributed by atoms with Crippen LogP contribution in [0.1, 0.15) is 49.1 Å². The minimum Gasteiger partial charge on any atom is -0.372 e. The van der Waals surface area contributed by atoms with Crippen LogP contribution in [0.25, 0.3) is 0 Å². The van der Waals surface area contributed by atoms with Gasteiger partial charge in [0, 0.05) is 47.3 Å². The van der Waals surface area contributed by atoms with Gasteiger partial charge in [-0.25, -0.2) is 4.68 Å². The molecule has 6 nitrogen and oxygen atoms in total. The van der Waals surface area contributed by atoms with Crippen molar-refractivity contribution < 1.29 is 4.79 Å². The summed E-state index contributed by atoms with van der Waals surface area (Å²) in [4.78, 5) is 21.3. The number of ketones is 1. The van der Waals surface area contributed by atoms with E-state index in [2.05, 4.69) is 75.9 Å². The summed E-state index contributed by atoms with van der Waals surface area (Å²) in [6, 6.07) is 12.5. The topological polar surface area (TPSA) is 63.1 Å². The van der Waals surface area contributed by atoms with Crippen LogP contribution in [0, 0.1) is 0 Å². The zero-order valence-corrected chi connectivity index (χ0v) is 18.0. The number of allylic oxidation sites excluding steroid dienone is 2. The van der Waals surface area contributed by atoms with Gasteiger partial charge in [-0.3, -0.25) is 4.79 Å². The average Bonchev–Trinajstić information content (AvgIpc) is 3.46. The molecule has 0 spiro atoms. The molecule has 3 heterocycles. The summed E-state index contributed by atoms with van der Waals surface area (Å²) < 4.78 is 1.84. The summed E-state index contributed by atoms with van der Waals surface area (Å²) >= 11 is 1.72. The first kappa shape index (κ1) is 19.1. The molecule has 0 radical (unpaired) electrons. The Labute approximate surface area is 180 Å². The van der Waals surface area contributed by atoms with E-state index in [0.717, 1.165) is 36.3 Å². The van der Waals surface area contributed by atoms with Crippen molar-refractivity contribution in [3.05, 3.63) is 69.8 Å². The number of nitrogens with zero attached hydrogens (tertiary/aromatic N) is 4. The summed E-state index contributed by atoms with van der Waals surface area (Å²) in [5, 5.41) is 9.92. The second-order valence-corrected chi connectivity index (χ2v) is 8.73. The summed E-state index contributed by atoms with van der Waals surface area (Å²) in [7, 11) is 0. The average molecular weight is 420 g/mol. The van der Waals surface area contributed by atoms with Gasteiger partial charge in [-0.1, -0.05) is 18.2 Å². The fourth-order valence-electron chi connectivity index (χ4n) is 4.64. The molecule has 30 heavy (non-hydrogen) atoms. The standard InChI is InChI=1S/C23H25N5OS/c1-3-27(4-2)17-9-7-15(8-10-17)22-21-18(26-23-24-14-25-28(22)23)12-16(13-19(21)29)20-6-5-11-30-20/h5-11,14,16,22H,3-4,12-13H2,1-2H3,(H,24,25,26)/t16-,22-/m0/s1. The Balaban J connectivity index is 1.55. The van der Waals surface area contributed by atoms with Crippen molar-refractivity contribution in [1.82, 2.24) is 14.8 Å². The lowest BCUT2D eigenvalue weighted by Gasteiger charge is -2.35. The molecule has 0 bridgehead atoms. The van der Waals surface area contributed by atoms with Gasteiger partial charge in [-0.05, 0) is 49.4 Å². The van der Waals surface area contributed by atoms with E-state index in [9.17, 15) is 4.79 Å². The smallest absolute Gasteiger partial charge is 0.226 e. The van der Waals surface area contributed by atoms with Gasteiger partial charge in [0.05, 0.1) is 0 Å². The Morgan fingerprint density at radius 2 is 1.97 bits per heavy atom. The van der Waals surface area contributed by atoms with E-state index in [1.54, 1.807) is 17.7 Å². The van der Waals surface area contributed by atoms with Crippen LogP contribution in [-0.4, -0.2) is 33.6 Å². The summed E-state index contributed by atoms with van der Waals surface area (Å²) in [5.74, 6) is 1.12. The fourth-order valence-corrected chi connectivity index (χ4v) is 5.47. The lowest BCUT2D eigenvalue weighted by molar-refractivity contribution is -0.116. The third-order valence-electron chi connectivity index (χ3n) is 6.14. The largest absolute Gasteiger partial charge is 0.372 e. The number of fused-ring (bicyclic) bond motifs is 1. The van der Waals surface area contributed by atoms with Crippen LogP contribution in [0.15, 0.2) is 59.4 Å². The highest BCUT2D eigenvalue weighted by atomic mass is 32.1. The Morgan fingerprint density at radius 3 is 2.67 bits per heavy atom. The number of hydrogen-bond donors (Lipinski definition) is 1. The van der Waals surface area contributed by atoms with Crippen molar-refractivity contribution in [2.45, 2.75) is 38.6 Å². The molecule has 2 aliphatic rings. The van der Waals surface area contributed by atoms with Crippen LogP contribution in [0.4, 0.5) is 11.6 Å². The van der Waals surface area contributed by atoms with Crippen molar-refractivity contribution >= 4 is 28.8 Å². The summed E-state index contributed by atoms with van der Waals surface area (Å²) in [5.41, 5.74) is 4.08. The molecule has 1 aromatic carbocycles. The van der Waals surface area contributed by atoms with E-state index >= 15 is 0 Å². The maximum atomic E-state index is 13.4. The van der Waals surface area contributed by atoms with E-state index < -0.39 is 0 Å². The van der Waals surface area contributed by atoms with Crippen molar-refractivity contribution in [3.63, 3.8) is 0 Å². The molecule has 154 valence electrons. The van der Waals surface area contributed by atoms with Gasteiger partial charge in [0.1, 0.15) is 12.4 Å². The van der Waals surface area contributed by atoms with Crippen LogP contribution in [-0.2, 0) is 4.79 Å². The third kappa shape index (κ3) is 3.13. The van der Waals surface area contributed by atoms with Gasteiger partial charge >= 0.3 is 0 Å². The van der Waals surface area contributed by atoms with Gasteiger partial charge in [-0.15, -0.1) is 11.3 Å². The van der Waals surface area contributed by atoms with Crippen LogP contribution in [0.5, 0.6) is 0 Å². The van der Waals surface area contributed by atoms with Crippen molar-refractivity contribution in [1.29, 1.82) is 0 Å². The van der Waals surface area contributed by atoms with E-state index in [1.807, 2.05) is 4.68 Å². The fraction of sp³-hybridized carbons (Fsp3) is 0.348. The first-order valence-electron chi connectivity index (χ1n) is 10.5. The summed E-state index contributed by atoms with van der Waals surface area (Å²) in [6.07, 6.45) is 2.92. The number of aromatic nitrogens is 3. The Kier molecular flexibility index (Phi) is 4.90. The molecule has 0 fully saturated rings. The predicted octanol–water partition coefficient (Wildman–Crippen LogP) is 4.60. The second-order valence-electron chi connectivity index (χ2n) is 7.76. The molecule has 3 aromatic rings. The molecule has 2 aromatic heterocycles. The number of rotatable bonds is 5. The highest BCUT2D eigenvalue weighted by molar-refractivity contribution is 7.10. The Bertz CT molecular complexity index is 1080. The molecule has 1 aliphatic heterocycles.